The number of thiophene rings is 1. The lowest BCUT2D eigenvalue weighted by molar-refractivity contribution is -0.133. The fourth-order valence-corrected chi connectivity index (χ4v) is 3.12. The van der Waals surface area contributed by atoms with Gasteiger partial charge in [-0.05, 0) is 35.9 Å². The molecule has 0 fully saturated rings. The Balaban J connectivity index is 1.94. The van der Waals surface area contributed by atoms with Gasteiger partial charge < -0.3 is 10.6 Å². The number of carbonyl (C=O) groups excluding carboxylic acids is 1. The molecule has 1 aromatic heterocycles. The number of rotatable bonds is 4. The average molecular weight is 252 g/mol. The van der Waals surface area contributed by atoms with Crippen molar-refractivity contribution in [2.45, 2.75) is 32.7 Å². The predicted octanol–water partition coefficient (Wildman–Crippen LogP) is 2.01. The zero-order valence-corrected chi connectivity index (χ0v) is 11.1. The number of hydrogen-bond donors (Lipinski definition) is 1. The Morgan fingerprint density at radius 1 is 1.65 bits per heavy atom. The van der Waals surface area contributed by atoms with Crippen molar-refractivity contribution < 1.29 is 4.79 Å². The fourth-order valence-electron chi connectivity index (χ4n) is 2.23. The number of amides is 1. The molecule has 17 heavy (non-hydrogen) atoms. The van der Waals surface area contributed by atoms with Gasteiger partial charge in [0.15, 0.2) is 0 Å². The van der Waals surface area contributed by atoms with E-state index in [0.29, 0.717) is 18.9 Å². The molecule has 1 atom stereocenters. The number of nitrogens with two attached hydrogens (primary N) is 1. The first-order chi connectivity index (χ1) is 8.24. The van der Waals surface area contributed by atoms with Gasteiger partial charge in [-0.3, -0.25) is 4.79 Å². The Morgan fingerprint density at radius 2 is 2.47 bits per heavy atom. The third-order valence-electron chi connectivity index (χ3n) is 3.53. The van der Waals surface area contributed by atoms with E-state index in [1.54, 1.807) is 11.3 Å². The van der Waals surface area contributed by atoms with Crippen LogP contribution in [0.4, 0.5) is 0 Å². The minimum absolute atomic E-state index is 0.263. The molecule has 1 aliphatic heterocycles. The zero-order chi connectivity index (χ0) is 12.3. The van der Waals surface area contributed by atoms with Crippen LogP contribution in [0.1, 0.15) is 30.2 Å². The normalized spacial score (nSPS) is 16.7. The molecular weight excluding hydrogens is 232 g/mol. The van der Waals surface area contributed by atoms with Crippen molar-refractivity contribution in [1.29, 1.82) is 0 Å². The highest BCUT2D eigenvalue weighted by Crippen LogP contribution is 2.24. The average Bonchev–Trinajstić information content (AvgIpc) is 2.82. The van der Waals surface area contributed by atoms with Crippen molar-refractivity contribution in [3.63, 3.8) is 0 Å². The first-order valence-electron chi connectivity index (χ1n) is 6.27. The fraction of sp³-hybridized carbons (Fsp3) is 0.615. The second-order valence-electron chi connectivity index (χ2n) is 4.65. The molecule has 1 aliphatic rings. The van der Waals surface area contributed by atoms with Gasteiger partial charge in [0.25, 0.3) is 0 Å². The molecule has 0 aliphatic carbocycles. The van der Waals surface area contributed by atoms with Crippen molar-refractivity contribution in [2.24, 2.45) is 11.7 Å². The van der Waals surface area contributed by atoms with Crippen LogP contribution >= 0.6 is 11.3 Å². The van der Waals surface area contributed by atoms with Crippen molar-refractivity contribution in [2.75, 3.05) is 13.1 Å². The number of nitrogens with zero attached hydrogens (tertiary/aromatic N) is 1. The van der Waals surface area contributed by atoms with E-state index >= 15 is 0 Å². The second kappa shape index (κ2) is 5.65. The van der Waals surface area contributed by atoms with Gasteiger partial charge in [-0.25, -0.2) is 0 Å². The lowest BCUT2D eigenvalue weighted by atomic mass is 10.0. The summed E-state index contributed by atoms with van der Waals surface area (Å²) < 4.78 is 0. The number of hydrogen-bond acceptors (Lipinski definition) is 3. The second-order valence-corrected chi connectivity index (χ2v) is 5.65. The van der Waals surface area contributed by atoms with Gasteiger partial charge in [0.1, 0.15) is 0 Å². The standard InChI is InChI=1S/C13H20N2OS/c1-2-10(8-14)7-13(16)15-5-3-12-11(9-15)4-6-17-12/h4,6,10H,2-3,5,7-9,14H2,1H3. The maximum absolute atomic E-state index is 12.1. The van der Waals surface area contributed by atoms with Gasteiger partial charge in [0.2, 0.25) is 5.91 Å². The molecule has 0 radical (unpaired) electrons. The monoisotopic (exact) mass is 252 g/mol. The molecule has 4 heteroatoms. The molecule has 1 aromatic rings. The van der Waals surface area contributed by atoms with Crippen LogP contribution in [-0.2, 0) is 17.8 Å². The topological polar surface area (TPSA) is 46.3 Å². The molecular formula is C13H20N2OS. The highest BCUT2D eigenvalue weighted by Gasteiger charge is 2.22. The van der Waals surface area contributed by atoms with E-state index in [2.05, 4.69) is 18.4 Å². The van der Waals surface area contributed by atoms with E-state index < -0.39 is 0 Å². The maximum Gasteiger partial charge on any atom is 0.223 e. The molecule has 2 heterocycles. The van der Waals surface area contributed by atoms with Crippen LogP contribution in [0.5, 0.6) is 0 Å². The smallest absolute Gasteiger partial charge is 0.223 e. The molecule has 2 N–H and O–H groups in total. The van der Waals surface area contributed by atoms with Crippen LogP contribution in [0.3, 0.4) is 0 Å². The molecule has 0 saturated carbocycles. The SMILES string of the molecule is CCC(CN)CC(=O)N1CCc2sccc2C1. The lowest BCUT2D eigenvalue weighted by Crippen LogP contribution is -2.37. The van der Waals surface area contributed by atoms with Crippen LogP contribution in [0.2, 0.25) is 0 Å². The van der Waals surface area contributed by atoms with E-state index in [1.165, 1.54) is 10.4 Å². The van der Waals surface area contributed by atoms with Gasteiger partial charge in [-0.1, -0.05) is 13.3 Å². The highest BCUT2D eigenvalue weighted by atomic mass is 32.1. The van der Waals surface area contributed by atoms with Gasteiger partial charge in [-0.2, -0.15) is 0 Å². The first-order valence-corrected chi connectivity index (χ1v) is 7.15. The van der Waals surface area contributed by atoms with E-state index in [9.17, 15) is 4.79 Å². The zero-order valence-electron chi connectivity index (χ0n) is 10.3. The Bertz CT molecular complexity index is 385. The van der Waals surface area contributed by atoms with Crippen molar-refractivity contribution in [1.82, 2.24) is 4.90 Å². The van der Waals surface area contributed by atoms with Crippen LogP contribution in [-0.4, -0.2) is 23.9 Å². The Kier molecular flexibility index (Phi) is 4.18. The molecule has 0 spiro atoms. The number of fused-ring (bicyclic) bond motifs is 1. The maximum atomic E-state index is 12.1. The summed E-state index contributed by atoms with van der Waals surface area (Å²) >= 11 is 1.80. The molecule has 1 amide bonds. The summed E-state index contributed by atoms with van der Waals surface area (Å²) in [6.07, 6.45) is 2.60. The Hall–Kier alpha value is -0.870. The predicted molar refractivity (Wildman–Crippen MR) is 70.9 cm³/mol. The third kappa shape index (κ3) is 2.87. The number of carbonyl (C=O) groups is 1. The highest BCUT2D eigenvalue weighted by molar-refractivity contribution is 7.10. The molecule has 3 nitrogen and oxygen atoms in total. The molecule has 0 bridgehead atoms. The molecule has 0 saturated heterocycles. The molecule has 1 unspecified atom stereocenters. The van der Waals surface area contributed by atoms with E-state index in [1.807, 2.05) is 4.90 Å². The summed E-state index contributed by atoms with van der Waals surface area (Å²) in [6, 6.07) is 2.14. The molecule has 0 aromatic carbocycles. The summed E-state index contributed by atoms with van der Waals surface area (Å²) in [5, 5.41) is 2.12. The Labute approximate surface area is 107 Å². The molecule has 2 rings (SSSR count). The summed E-state index contributed by atoms with van der Waals surface area (Å²) in [5.41, 5.74) is 6.98. The Morgan fingerprint density at radius 3 is 3.18 bits per heavy atom. The largest absolute Gasteiger partial charge is 0.338 e. The van der Waals surface area contributed by atoms with Crippen molar-refractivity contribution >= 4 is 17.2 Å². The van der Waals surface area contributed by atoms with E-state index in [-0.39, 0.29) is 5.91 Å². The third-order valence-corrected chi connectivity index (χ3v) is 4.56. The van der Waals surface area contributed by atoms with Crippen LogP contribution in [0, 0.1) is 5.92 Å². The summed E-state index contributed by atoms with van der Waals surface area (Å²) in [7, 11) is 0. The van der Waals surface area contributed by atoms with Gasteiger partial charge >= 0.3 is 0 Å². The van der Waals surface area contributed by atoms with Crippen LogP contribution in [0.15, 0.2) is 11.4 Å². The first kappa shape index (κ1) is 12.6. The van der Waals surface area contributed by atoms with Crippen LogP contribution < -0.4 is 5.73 Å². The summed E-state index contributed by atoms with van der Waals surface area (Å²) in [4.78, 5) is 15.6. The van der Waals surface area contributed by atoms with E-state index in [0.717, 1.165) is 25.9 Å². The summed E-state index contributed by atoms with van der Waals surface area (Å²) in [5.74, 6) is 0.602. The van der Waals surface area contributed by atoms with Gasteiger partial charge in [0.05, 0.1) is 0 Å². The van der Waals surface area contributed by atoms with Gasteiger partial charge in [0, 0.05) is 24.4 Å². The van der Waals surface area contributed by atoms with E-state index in [4.69, 9.17) is 5.73 Å². The van der Waals surface area contributed by atoms with Crippen molar-refractivity contribution in [3.8, 4) is 0 Å². The minimum Gasteiger partial charge on any atom is -0.338 e. The van der Waals surface area contributed by atoms with Crippen LogP contribution in [0.25, 0.3) is 0 Å². The summed E-state index contributed by atoms with van der Waals surface area (Å²) in [6.45, 7) is 4.36. The lowest BCUT2D eigenvalue weighted by Gasteiger charge is -2.28. The molecule has 94 valence electrons. The van der Waals surface area contributed by atoms with Gasteiger partial charge in [-0.15, -0.1) is 11.3 Å². The minimum atomic E-state index is 0.263. The quantitative estimate of drug-likeness (QED) is 0.891. The van der Waals surface area contributed by atoms with Crippen molar-refractivity contribution in [3.05, 3.63) is 21.9 Å².